The lowest BCUT2D eigenvalue weighted by molar-refractivity contribution is -0.146. The molecule has 1 saturated carbocycles. The van der Waals surface area contributed by atoms with Crippen LogP contribution in [0.2, 0.25) is 0 Å². The molecule has 0 aromatic heterocycles. The summed E-state index contributed by atoms with van der Waals surface area (Å²) in [5, 5.41) is 9.26. The second-order valence-electron chi connectivity index (χ2n) is 6.33. The van der Waals surface area contributed by atoms with Crippen LogP contribution in [0.4, 0.5) is 0 Å². The van der Waals surface area contributed by atoms with Crippen molar-refractivity contribution in [2.45, 2.75) is 58.7 Å². The Morgan fingerprint density at radius 3 is 2.31 bits per heavy atom. The largest absolute Gasteiger partial charge is 0.481 e. The SMILES string of the molecule is CC(C)(C)C1CC(C(=O)O)C(C2CCC2)O1. The highest BCUT2D eigenvalue weighted by Crippen LogP contribution is 2.44. The molecule has 0 amide bonds. The Bertz CT molecular complexity index is 275. The van der Waals surface area contributed by atoms with Crippen LogP contribution in [0.25, 0.3) is 0 Å². The van der Waals surface area contributed by atoms with Gasteiger partial charge < -0.3 is 9.84 Å². The first-order chi connectivity index (χ1) is 7.39. The van der Waals surface area contributed by atoms with E-state index < -0.39 is 5.97 Å². The van der Waals surface area contributed by atoms with Crippen LogP contribution in [-0.4, -0.2) is 23.3 Å². The van der Waals surface area contributed by atoms with Crippen LogP contribution in [0, 0.1) is 17.3 Å². The molecule has 1 saturated heterocycles. The molecule has 3 unspecified atom stereocenters. The fraction of sp³-hybridized carbons (Fsp3) is 0.923. The number of carboxylic acids is 1. The maximum absolute atomic E-state index is 11.2. The zero-order valence-electron chi connectivity index (χ0n) is 10.4. The lowest BCUT2D eigenvalue weighted by atomic mass is 9.76. The highest BCUT2D eigenvalue weighted by atomic mass is 16.5. The number of hydrogen-bond donors (Lipinski definition) is 1. The predicted molar refractivity (Wildman–Crippen MR) is 61.2 cm³/mol. The molecule has 1 aliphatic heterocycles. The van der Waals surface area contributed by atoms with Gasteiger partial charge in [0.25, 0.3) is 0 Å². The van der Waals surface area contributed by atoms with Crippen molar-refractivity contribution in [1.29, 1.82) is 0 Å². The standard InChI is InChI=1S/C13H22O3/c1-13(2,3)10-7-9(12(14)15)11(16-10)8-5-4-6-8/h8-11H,4-7H2,1-3H3,(H,14,15). The normalized spacial score (nSPS) is 36.1. The van der Waals surface area contributed by atoms with E-state index in [1.807, 2.05) is 0 Å². The van der Waals surface area contributed by atoms with Gasteiger partial charge in [0.05, 0.1) is 18.1 Å². The van der Waals surface area contributed by atoms with Gasteiger partial charge in [-0.15, -0.1) is 0 Å². The summed E-state index contributed by atoms with van der Waals surface area (Å²) in [5.41, 5.74) is 0.0478. The van der Waals surface area contributed by atoms with E-state index >= 15 is 0 Å². The molecule has 0 bridgehead atoms. The molecule has 0 aromatic carbocycles. The van der Waals surface area contributed by atoms with Crippen molar-refractivity contribution in [3.05, 3.63) is 0 Å². The number of hydrogen-bond acceptors (Lipinski definition) is 2. The van der Waals surface area contributed by atoms with Crippen LogP contribution in [0.3, 0.4) is 0 Å². The molecule has 92 valence electrons. The maximum Gasteiger partial charge on any atom is 0.309 e. The van der Waals surface area contributed by atoms with E-state index in [0.717, 1.165) is 12.8 Å². The molecule has 3 nitrogen and oxygen atoms in total. The molecular weight excluding hydrogens is 204 g/mol. The Labute approximate surface area is 97.2 Å². The van der Waals surface area contributed by atoms with Crippen molar-refractivity contribution in [3.63, 3.8) is 0 Å². The smallest absolute Gasteiger partial charge is 0.309 e. The summed E-state index contributed by atoms with van der Waals surface area (Å²) in [6.45, 7) is 6.37. The van der Waals surface area contributed by atoms with E-state index in [9.17, 15) is 9.90 Å². The highest BCUT2D eigenvalue weighted by molar-refractivity contribution is 5.71. The van der Waals surface area contributed by atoms with Gasteiger partial charge in [-0.25, -0.2) is 0 Å². The van der Waals surface area contributed by atoms with Crippen molar-refractivity contribution in [2.24, 2.45) is 17.3 Å². The molecule has 1 aliphatic carbocycles. The maximum atomic E-state index is 11.2. The number of carbonyl (C=O) groups is 1. The van der Waals surface area contributed by atoms with E-state index in [1.165, 1.54) is 6.42 Å². The van der Waals surface area contributed by atoms with Crippen molar-refractivity contribution in [2.75, 3.05) is 0 Å². The predicted octanol–water partition coefficient (Wildman–Crippen LogP) is 2.69. The zero-order valence-corrected chi connectivity index (χ0v) is 10.4. The van der Waals surface area contributed by atoms with Gasteiger partial charge in [-0.05, 0) is 30.6 Å². The fourth-order valence-electron chi connectivity index (χ4n) is 2.71. The lowest BCUT2D eigenvalue weighted by Gasteiger charge is -2.34. The average molecular weight is 226 g/mol. The molecule has 3 heteroatoms. The Kier molecular flexibility index (Phi) is 2.99. The Morgan fingerprint density at radius 1 is 1.31 bits per heavy atom. The topological polar surface area (TPSA) is 46.5 Å². The molecule has 1 N–H and O–H groups in total. The van der Waals surface area contributed by atoms with Gasteiger partial charge in [0.15, 0.2) is 0 Å². The molecule has 2 rings (SSSR count). The molecule has 1 heterocycles. The monoisotopic (exact) mass is 226 g/mol. The highest BCUT2D eigenvalue weighted by Gasteiger charge is 2.48. The minimum atomic E-state index is -0.677. The number of carboxylic acid groups (broad SMARTS) is 1. The van der Waals surface area contributed by atoms with Crippen LogP contribution in [0.5, 0.6) is 0 Å². The Morgan fingerprint density at radius 2 is 1.94 bits per heavy atom. The van der Waals surface area contributed by atoms with Gasteiger partial charge in [0.1, 0.15) is 0 Å². The van der Waals surface area contributed by atoms with E-state index in [4.69, 9.17) is 4.74 Å². The molecule has 0 radical (unpaired) electrons. The van der Waals surface area contributed by atoms with Crippen molar-refractivity contribution in [1.82, 2.24) is 0 Å². The second kappa shape index (κ2) is 4.02. The minimum absolute atomic E-state index is 0.0320. The number of rotatable bonds is 2. The Hall–Kier alpha value is -0.570. The first kappa shape index (κ1) is 11.9. The van der Waals surface area contributed by atoms with E-state index in [1.54, 1.807) is 0 Å². The first-order valence-corrected chi connectivity index (χ1v) is 6.28. The summed E-state index contributed by atoms with van der Waals surface area (Å²) >= 11 is 0. The van der Waals surface area contributed by atoms with Crippen LogP contribution in [0.15, 0.2) is 0 Å². The summed E-state index contributed by atoms with van der Waals surface area (Å²) in [6.07, 6.45) is 4.27. The number of aliphatic carboxylic acids is 1. The van der Waals surface area contributed by atoms with Crippen LogP contribution < -0.4 is 0 Å². The molecule has 16 heavy (non-hydrogen) atoms. The van der Waals surface area contributed by atoms with E-state index in [2.05, 4.69) is 20.8 Å². The van der Waals surface area contributed by atoms with Crippen LogP contribution >= 0.6 is 0 Å². The van der Waals surface area contributed by atoms with Gasteiger partial charge in [-0.3, -0.25) is 4.79 Å². The number of ether oxygens (including phenoxy) is 1. The van der Waals surface area contributed by atoms with Crippen molar-refractivity contribution < 1.29 is 14.6 Å². The van der Waals surface area contributed by atoms with Crippen molar-refractivity contribution >= 4 is 5.97 Å². The van der Waals surface area contributed by atoms with Crippen LogP contribution in [-0.2, 0) is 9.53 Å². The first-order valence-electron chi connectivity index (χ1n) is 6.28. The minimum Gasteiger partial charge on any atom is -0.481 e. The second-order valence-corrected chi connectivity index (χ2v) is 6.33. The molecular formula is C13H22O3. The van der Waals surface area contributed by atoms with Gasteiger partial charge in [-0.1, -0.05) is 27.2 Å². The third-order valence-corrected chi connectivity index (χ3v) is 4.08. The van der Waals surface area contributed by atoms with Gasteiger partial charge >= 0.3 is 5.97 Å². The fourth-order valence-corrected chi connectivity index (χ4v) is 2.71. The van der Waals surface area contributed by atoms with Gasteiger partial charge in [0.2, 0.25) is 0 Å². The van der Waals surface area contributed by atoms with E-state index in [0.29, 0.717) is 12.3 Å². The summed E-state index contributed by atoms with van der Waals surface area (Å²) < 4.78 is 6.02. The third-order valence-electron chi connectivity index (χ3n) is 4.08. The third kappa shape index (κ3) is 2.10. The molecule has 0 spiro atoms. The summed E-state index contributed by atoms with van der Waals surface area (Å²) in [4.78, 5) is 11.2. The molecule has 0 aromatic rings. The summed E-state index contributed by atoms with van der Waals surface area (Å²) in [5.74, 6) is -0.466. The van der Waals surface area contributed by atoms with E-state index in [-0.39, 0.29) is 23.5 Å². The van der Waals surface area contributed by atoms with Gasteiger partial charge in [-0.2, -0.15) is 0 Å². The Balaban J connectivity index is 2.08. The quantitative estimate of drug-likeness (QED) is 0.787. The van der Waals surface area contributed by atoms with Gasteiger partial charge in [0, 0.05) is 0 Å². The molecule has 2 aliphatic rings. The summed E-state index contributed by atoms with van der Waals surface area (Å²) in [6, 6.07) is 0. The van der Waals surface area contributed by atoms with Crippen molar-refractivity contribution in [3.8, 4) is 0 Å². The van der Waals surface area contributed by atoms with Crippen LogP contribution in [0.1, 0.15) is 46.5 Å². The molecule has 2 fully saturated rings. The zero-order chi connectivity index (χ0) is 11.9. The average Bonchev–Trinajstić information content (AvgIpc) is 2.44. The summed E-state index contributed by atoms with van der Waals surface area (Å²) in [7, 11) is 0. The lowest BCUT2D eigenvalue weighted by Crippen LogP contribution is -2.35. The molecule has 3 atom stereocenters.